The zero-order chi connectivity index (χ0) is 17.5. The van der Waals surface area contributed by atoms with Gasteiger partial charge in [0.1, 0.15) is 6.54 Å². The van der Waals surface area contributed by atoms with Crippen LogP contribution in [0.15, 0.2) is 23.1 Å². The molecule has 0 aliphatic heterocycles. The minimum atomic E-state index is -0.612. The summed E-state index contributed by atoms with van der Waals surface area (Å²) in [5.41, 5.74) is -0.165. The third kappa shape index (κ3) is 4.94. The van der Waals surface area contributed by atoms with E-state index in [1.54, 1.807) is 0 Å². The van der Waals surface area contributed by atoms with Gasteiger partial charge in [-0.2, -0.15) is 0 Å². The number of carbonyl (C=O) groups is 3. The maximum absolute atomic E-state index is 11.9. The van der Waals surface area contributed by atoms with Gasteiger partial charge in [-0.15, -0.1) is 0 Å². The van der Waals surface area contributed by atoms with E-state index >= 15 is 0 Å². The smallest absolute Gasteiger partial charge is 0.321 e. The summed E-state index contributed by atoms with van der Waals surface area (Å²) < 4.78 is 1.09. The molecule has 8 heteroatoms. The Bertz CT molecular complexity index is 677. The van der Waals surface area contributed by atoms with Gasteiger partial charge in [-0.05, 0) is 18.9 Å². The molecule has 1 aliphatic carbocycles. The molecule has 1 aromatic heterocycles. The summed E-state index contributed by atoms with van der Waals surface area (Å²) in [5, 5.41) is 7.42. The van der Waals surface area contributed by atoms with Crippen molar-refractivity contribution in [1.82, 2.24) is 20.5 Å². The minimum Gasteiger partial charge on any atom is -0.355 e. The molecule has 24 heavy (non-hydrogen) atoms. The summed E-state index contributed by atoms with van der Waals surface area (Å²) >= 11 is 0. The number of aromatic nitrogens is 1. The van der Waals surface area contributed by atoms with Gasteiger partial charge in [0.25, 0.3) is 11.5 Å². The molecule has 0 bridgehead atoms. The minimum absolute atomic E-state index is 0.0888. The van der Waals surface area contributed by atoms with Crippen molar-refractivity contribution in [2.24, 2.45) is 0 Å². The summed E-state index contributed by atoms with van der Waals surface area (Å²) in [6.45, 7) is -0.332. The highest BCUT2D eigenvalue weighted by Gasteiger charge is 2.17. The highest BCUT2D eigenvalue weighted by molar-refractivity contribution is 5.95. The number of urea groups is 1. The fourth-order valence-electron chi connectivity index (χ4n) is 2.72. The summed E-state index contributed by atoms with van der Waals surface area (Å²) in [6, 6.07) is 2.12. The lowest BCUT2D eigenvalue weighted by atomic mass is 9.96. The quantitative estimate of drug-likeness (QED) is 0.739. The van der Waals surface area contributed by atoms with E-state index in [2.05, 4.69) is 16.0 Å². The van der Waals surface area contributed by atoms with Crippen molar-refractivity contribution in [1.29, 1.82) is 0 Å². The highest BCUT2D eigenvalue weighted by atomic mass is 16.2. The Hall–Kier alpha value is -2.64. The van der Waals surface area contributed by atoms with Gasteiger partial charge in [0, 0.05) is 25.4 Å². The second kappa shape index (κ2) is 8.28. The normalized spacial score (nSPS) is 14.7. The number of pyridine rings is 1. The third-order valence-electron chi connectivity index (χ3n) is 3.98. The van der Waals surface area contributed by atoms with Crippen molar-refractivity contribution in [3.8, 4) is 0 Å². The van der Waals surface area contributed by atoms with Crippen molar-refractivity contribution in [2.45, 2.75) is 44.7 Å². The van der Waals surface area contributed by atoms with Crippen LogP contribution < -0.4 is 21.5 Å². The SMILES string of the molecule is CNC(=O)c1ccc(=O)n(CC(=O)NC(=O)NC2CCCCC2)c1. The molecular weight excluding hydrogens is 312 g/mol. The zero-order valence-corrected chi connectivity index (χ0v) is 13.6. The van der Waals surface area contributed by atoms with Crippen LogP contribution in [0.4, 0.5) is 4.79 Å². The Morgan fingerprint density at radius 2 is 1.88 bits per heavy atom. The lowest BCUT2D eigenvalue weighted by Gasteiger charge is -2.22. The molecule has 0 radical (unpaired) electrons. The molecule has 0 unspecified atom stereocenters. The van der Waals surface area contributed by atoms with Crippen LogP contribution in [0, 0.1) is 0 Å². The van der Waals surface area contributed by atoms with E-state index in [9.17, 15) is 19.2 Å². The molecule has 0 atom stereocenters. The van der Waals surface area contributed by atoms with Gasteiger partial charge in [-0.3, -0.25) is 19.7 Å². The first-order valence-electron chi connectivity index (χ1n) is 8.02. The average molecular weight is 334 g/mol. The molecule has 1 aromatic rings. The summed E-state index contributed by atoms with van der Waals surface area (Å²) in [7, 11) is 1.47. The average Bonchev–Trinajstić information content (AvgIpc) is 2.56. The van der Waals surface area contributed by atoms with Crippen molar-refractivity contribution in [3.05, 3.63) is 34.2 Å². The van der Waals surface area contributed by atoms with Crippen LogP contribution in [0.25, 0.3) is 0 Å². The molecule has 3 N–H and O–H groups in total. The second-order valence-corrected chi connectivity index (χ2v) is 5.82. The third-order valence-corrected chi connectivity index (χ3v) is 3.98. The topological polar surface area (TPSA) is 109 Å². The predicted octanol–water partition coefficient (Wildman–Crippen LogP) is 0.366. The summed E-state index contributed by atoms with van der Waals surface area (Å²) in [6.07, 6.45) is 6.43. The number of nitrogens with zero attached hydrogens (tertiary/aromatic N) is 1. The van der Waals surface area contributed by atoms with Gasteiger partial charge in [0.2, 0.25) is 5.91 Å². The van der Waals surface area contributed by atoms with Gasteiger partial charge in [-0.25, -0.2) is 4.79 Å². The lowest BCUT2D eigenvalue weighted by Crippen LogP contribution is -2.46. The van der Waals surface area contributed by atoms with Crippen LogP contribution in [-0.4, -0.2) is 35.5 Å². The van der Waals surface area contributed by atoms with E-state index in [0.29, 0.717) is 0 Å². The van der Waals surface area contributed by atoms with Crippen LogP contribution in [0.1, 0.15) is 42.5 Å². The van der Waals surface area contributed by atoms with Gasteiger partial charge in [0.05, 0.1) is 5.56 Å². The molecule has 4 amide bonds. The fraction of sp³-hybridized carbons (Fsp3) is 0.500. The molecule has 1 heterocycles. The van der Waals surface area contributed by atoms with Gasteiger partial charge >= 0.3 is 6.03 Å². The zero-order valence-electron chi connectivity index (χ0n) is 13.6. The molecule has 0 aromatic carbocycles. The number of hydrogen-bond acceptors (Lipinski definition) is 4. The largest absolute Gasteiger partial charge is 0.355 e. The molecule has 1 fully saturated rings. The molecule has 0 saturated heterocycles. The standard InChI is InChI=1S/C16H22N4O4/c1-17-15(23)11-7-8-14(22)20(9-11)10-13(21)19-16(24)18-12-5-3-2-4-6-12/h7-9,12H,2-6,10H2,1H3,(H,17,23)(H2,18,19,21,24). The molecule has 0 spiro atoms. The van der Waals surface area contributed by atoms with E-state index in [1.165, 1.54) is 31.8 Å². The maximum atomic E-state index is 11.9. The van der Waals surface area contributed by atoms with Crippen LogP contribution in [0.5, 0.6) is 0 Å². The van der Waals surface area contributed by atoms with Gasteiger partial charge < -0.3 is 15.2 Å². The van der Waals surface area contributed by atoms with E-state index < -0.39 is 17.5 Å². The summed E-state index contributed by atoms with van der Waals surface area (Å²) in [4.78, 5) is 47.1. The van der Waals surface area contributed by atoms with Crippen molar-refractivity contribution in [2.75, 3.05) is 7.05 Å². The maximum Gasteiger partial charge on any atom is 0.321 e. The van der Waals surface area contributed by atoms with Crippen molar-refractivity contribution in [3.63, 3.8) is 0 Å². The molecule has 1 aliphatic rings. The van der Waals surface area contributed by atoms with Crippen LogP contribution in [0.2, 0.25) is 0 Å². The number of nitrogens with one attached hydrogen (secondary N) is 3. The van der Waals surface area contributed by atoms with E-state index in [4.69, 9.17) is 0 Å². The van der Waals surface area contributed by atoms with Gasteiger partial charge in [-0.1, -0.05) is 19.3 Å². The number of amides is 4. The Morgan fingerprint density at radius 3 is 2.54 bits per heavy atom. The van der Waals surface area contributed by atoms with Crippen LogP contribution in [-0.2, 0) is 11.3 Å². The highest BCUT2D eigenvalue weighted by Crippen LogP contribution is 2.17. The molecule has 130 valence electrons. The van der Waals surface area contributed by atoms with E-state index in [0.717, 1.165) is 30.3 Å². The van der Waals surface area contributed by atoms with E-state index in [-0.39, 0.29) is 24.1 Å². The monoisotopic (exact) mass is 334 g/mol. The van der Waals surface area contributed by atoms with Gasteiger partial charge in [0.15, 0.2) is 0 Å². The fourth-order valence-corrected chi connectivity index (χ4v) is 2.72. The molecule has 8 nitrogen and oxygen atoms in total. The van der Waals surface area contributed by atoms with Crippen molar-refractivity contribution < 1.29 is 14.4 Å². The molecular formula is C16H22N4O4. The first-order valence-corrected chi connectivity index (χ1v) is 8.02. The van der Waals surface area contributed by atoms with Crippen LogP contribution >= 0.6 is 0 Å². The Labute approximate surface area is 139 Å². The predicted molar refractivity (Wildman–Crippen MR) is 87.6 cm³/mol. The Morgan fingerprint density at radius 1 is 1.17 bits per heavy atom. The Balaban J connectivity index is 1.92. The summed E-state index contributed by atoms with van der Waals surface area (Å²) in [5.74, 6) is -0.973. The Kier molecular flexibility index (Phi) is 6.11. The number of hydrogen-bond donors (Lipinski definition) is 3. The van der Waals surface area contributed by atoms with Crippen LogP contribution in [0.3, 0.4) is 0 Å². The molecule has 1 saturated carbocycles. The number of imide groups is 1. The number of rotatable bonds is 4. The van der Waals surface area contributed by atoms with Crippen molar-refractivity contribution >= 4 is 17.8 Å². The second-order valence-electron chi connectivity index (χ2n) is 5.82. The molecule has 2 rings (SSSR count). The van der Waals surface area contributed by atoms with E-state index in [1.807, 2.05) is 0 Å². The first-order chi connectivity index (χ1) is 11.5. The lowest BCUT2D eigenvalue weighted by molar-refractivity contribution is -0.120. The number of carbonyl (C=O) groups excluding carboxylic acids is 3. The first kappa shape index (κ1) is 17.7.